The van der Waals surface area contributed by atoms with Crippen LogP contribution >= 0.6 is 0 Å². The summed E-state index contributed by atoms with van der Waals surface area (Å²) >= 11 is 0. The van der Waals surface area contributed by atoms with E-state index in [1.165, 1.54) is 199 Å². The van der Waals surface area contributed by atoms with Crippen LogP contribution < -0.4 is 0 Å². The van der Waals surface area contributed by atoms with Crippen LogP contribution in [0.25, 0.3) is 0 Å². The second kappa shape index (κ2) is 38.7. The Bertz CT molecular complexity index is 530. The number of unbranched alkanes of at least 4 members (excludes halogenated alkanes) is 32. The summed E-state index contributed by atoms with van der Waals surface area (Å²) in [6, 6.07) is 0. The molecule has 0 amide bonds. The number of carbonyl (C=O) groups is 1. The van der Waals surface area contributed by atoms with Gasteiger partial charge in [0, 0.05) is 0 Å². The average molecular weight is 621 g/mol. The van der Waals surface area contributed by atoms with Gasteiger partial charge < -0.3 is 4.74 Å². The molecule has 0 rings (SSSR count). The third kappa shape index (κ3) is 34.3. The van der Waals surface area contributed by atoms with Gasteiger partial charge in [0.05, 0.1) is 12.5 Å². The van der Waals surface area contributed by atoms with E-state index in [0.717, 1.165) is 32.1 Å². The van der Waals surface area contributed by atoms with Gasteiger partial charge in [0.2, 0.25) is 0 Å². The molecule has 0 N–H and O–H groups in total. The van der Waals surface area contributed by atoms with Crippen molar-refractivity contribution < 1.29 is 9.53 Å². The highest BCUT2D eigenvalue weighted by molar-refractivity contribution is 5.72. The molecule has 0 spiro atoms. The SMILES string of the molecule is CCCCCCCCCCCCCCCCCCCCCCCCCCCCCCCCCCOC(=O)C(CC)CCCC. The van der Waals surface area contributed by atoms with Crippen molar-refractivity contribution in [3.8, 4) is 0 Å². The molecule has 0 aromatic rings. The van der Waals surface area contributed by atoms with Crippen molar-refractivity contribution in [1.82, 2.24) is 0 Å². The molecular weight excluding hydrogens is 536 g/mol. The summed E-state index contributed by atoms with van der Waals surface area (Å²) in [4.78, 5) is 12.1. The maximum atomic E-state index is 12.1. The van der Waals surface area contributed by atoms with E-state index in [1.54, 1.807) is 0 Å². The second-order valence-corrected chi connectivity index (χ2v) is 14.4. The molecule has 1 atom stereocenters. The lowest BCUT2D eigenvalue weighted by molar-refractivity contribution is -0.149. The average Bonchev–Trinajstić information content (AvgIpc) is 3.03. The number of hydrogen-bond donors (Lipinski definition) is 0. The summed E-state index contributed by atoms with van der Waals surface area (Å²) in [5, 5.41) is 0. The molecular formula is C42H84O2. The van der Waals surface area contributed by atoms with Crippen LogP contribution in [0.1, 0.15) is 252 Å². The van der Waals surface area contributed by atoms with Crippen LogP contribution in [0, 0.1) is 5.92 Å². The van der Waals surface area contributed by atoms with Gasteiger partial charge in [-0.25, -0.2) is 0 Å². The zero-order valence-electron chi connectivity index (χ0n) is 31.1. The van der Waals surface area contributed by atoms with Gasteiger partial charge in [-0.3, -0.25) is 4.79 Å². The Kier molecular flexibility index (Phi) is 38.2. The van der Waals surface area contributed by atoms with Crippen molar-refractivity contribution in [2.75, 3.05) is 6.61 Å². The van der Waals surface area contributed by atoms with Gasteiger partial charge in [0.15, 0.2) is 0 Å². The van der Waals surface area contributed by atoms with Crippen molar-refractivity contribution in [2.45, 2.75) is 252 Å². The lowest BCUT2D eigenvalue weighted by Gasteiger charge is -2.13. The Balaban J connectivity index is 3.14. The summed E-state index contributed by atoms with van der Waals surface area (Å²) in [7, 11) is 0. The van der Waals surface area contributed by atoms with E-state index in [9.17, 15) is 4.79 Å². The third-order valence-corrected chi connectivity index (χ3v) is 9.97. The predicted octanol–water partition coefficient (Wildman–Crippen LogP) is 15.2. The lowest BCUT2D eigenvalue weighted by Crippen LogP contribution is -2.17. The van der Waals surface area contributed by atoms with E-state index in [4.69, 9.17) is 4.74 Å². The second-order valence-electron chi connectivity index (χ2n) is 14.4. The summed E-state index contributed by atoms with van der Waals surface area (Å²) in [6.07, 6.45) is 50.0. The smallest absolute Gasteiger partial charge is 0.308 e. The van der Waals surface area contributed by atoms with Gasteiger partial charge in [-0.2, -0.15) is 0 Å². The topological polar surface area (TPSA) is 26.3 Å². The Morgan fingerprint density at radius 1 is 0.364 bits per heavy atom. The highest BCUT2D eigenvalue weighted by atomic mass is 16.5. The first kappa shape index (κ1) is 43.5. The molecule has 0 radical (unpaired) electrons. The molecule has 0 aliphatic heterocycles. The number of carbonyl (C=O) groups excluding carboxylic acids is 1. The van der Waals surface area contributed by atoms with Crippen LogP contribution in [0.4, 0.5) is 0 Å². The van der Waals surface area contributed by atoms with Crippen LogP contribution in [-0.2, 0) is 9.53 Å². The zero-order valence-corrected chi connectivity index (χ0v) is 31.1. The van der Waals surface area contributed by atoms with E-state index < -0.39 is 0 Å². The van der Waals surface area contributed by atoms with Crippen molar-refractivity contribution in [2.24, 2.45) is 5.92 Å². The van der Waals surface area contributed by atoms with Gasteiger partial charge in [-0.05, 0) is 19.3 Å². The number of rotatable bonds is 38. The lowest BCUT2D eigenvalue weighted by atomic mass is 10.00. The highest BCUT2D eigenvalue weighted by Gasteiger charge is 2.16. The Hall–Kier alpha value is -0.530. The normalized spacial score (nSPS) is 12.2. The van der Waals surface area contributed by atoms with E-state index in [1.807, 2.05) is 0 Å². The van der Waals surface area contributed by atoms with Crippen LogP contribution in [0.3, 0.4) is 0 Å². The minimum Gasteiger partial charge on any atom is -0.465 e. The van der Waals surface area contributed by atoms with E-state index in [0.29, 0.717) is 6.61 Å². The molecule has 2 heteroatoms. The molecule has 0 aliphatic carbocycles. The van der Waals surface area contributed by atoms with Gasteiger partial charge >= 0.3 is 5.97 Å². The molecule has 0 bridgehead atoms. The molecule has 0 saturated carbocycles. The third-order valence-electron chi connectivity index (χ3n) is 9.97. The summed E-state index contributed by atoms with van der Waals surface area (Å²) in [5.41, 5.74) is 0. The first-order valence-electron chi connectivity index (χ1n) is 20.9. The standard InChI is InChI=1S/C42H84O2/c1-4-7-9-10-11-12-13-14-15-16-17-18-19-20-21-22-23-24-25-26-27-28-29-30-31-32-33-34-35-36-37-38-40-44-42(43)41(6-3)39-8-5-2/h41H,4-40H2,1-3H3. The monoisotopic (exact) mass is 621 g/mol. The van der Waals surface area contributed by atoms with Crippen LogP contribution in [0.15, 0.2) is 0 Å². The van der Waals surface area contributed by atoms with Crippen LogP contribution in [0.2, 0.25) is 0 Å². The molecule has 0 aromatic heterocycles. The maximum Gasteiger partial charge on any atom is 0.308 e. The van der Waals surface area contributed by atoms with Crippen molar-refractivity contribution >= 4 is 5.97 Å². The fraction of sp³-hybridized carbons (Fsp3) is 0.976. The fourth-order valence-corrected chi connectivity index (χ4v) is 6.71. The first-order valence-corrected chi connectivity index (χ1v) is 20.9. The Morgan fingerprint density at radius 2 is 0.614 bits per heavy atom. The number of esters is 1. The Labute approximate surface area is 279 Å². The van der Waals surface area contributed by atoms with Crippen molar-refractivity contribution in [3.05, 3.63) is 0 Å². The first-order chi connectivity index (χ1) is 21.8. The van der Waals surface area contributed by atoms with Crippen LogP contribution in [0.5, 0.6) is 0 Å². The quantitative estimate of drug-likeness (QED) is 0.0507. The highest BCUT2D eigenvalue weighted by Crippen LogP contribution is 2.18. The summed E-state index contributed by atoms with van der Waals surface area (Å²) in [6.45, 7) is 7.22. The van der Waals surface area contributed by atoms with Gasteiger partial charge in [-0.15, -0.1) is 0 Å². The fourth-order valence-electron chi connectivity index (χ4n) is 6.71. The molecule has 2 nitrogen and oxygen atoms in total. The molecule has 0 saturated heterocycles. The largest absolute Gasteiger partial charge is 0.465 e. The van der Waals surface area contributed by atoms with E-state index in [-0.39, 0.29) is 11.9 Å². The van der Waals surface area contributed by atoms with Crippen molar-refractivity contribution in [3.63, 3.8) is 0 Å². The molecule has 0 heterocycles. The van der Waals surface area contributed by atoms with Gasteiger partial charge in [0.25, 0.3) is 0 Å². The predicted molar refractivity (Wildman–Crippen MR) is 198 cm³/mol. The summed E-state index contributed by atoms with van der Waals surface area (Å²) in [5.74, 6) is 0.167. The Morgan fingerprint density at radius 3 is 0.864 bits per heavy atom. The molecule has 1 unspecified atom stereocenters. The minimum atomic E-state index is 0.0432. The molecule has 0 fully saturated rings. The summed E-state index contributed by atoms with van der Waals surface area (Å²) < 4.78 is 5.52. The van der Waals surface area contributed by atoms with Gasteiger partial charge in [0.1, 0.15) is 0 Å². The molecule has 264 valence electrons. The number of hydrogen-bond acceptors (Lipinski definition) is 2. The van der Waals surface area contributed by atoms with E-state index >= 15 is 0 Å². The molecule has 44 heavy (non-hydrogen) atoms. The van der Waals surface area contributed by atoms with Crippen molar-refractivity contribution in [1.29, 1.82) is 0 Å². The van der Waals surface area contributed by atoms with E-state index in [2.05, 4.69) is 20.8 Å². The molecule has 0 aromatic carbocycles. The minimum absolute atomic E-state index is 0.0432. The molecule has 0 aliphatic rings. The maximum absolute atomic E-state index is 12.1. The zero-order chi connectivity index (χ0) is 32.0. The van der Waals surface area contributed by atoms with Gasteiger partial charge in [-0.1, -0.05) is 233 Å². The van der Waals surface area contributed by atoms with Crippen LogP contribution in [-0.4, -0.2) is 12.6 Å². The number of ether oxygens (including phenoxy) is 1.